The normalized spacial score (nSPS) is 16.6. The lowest BCUT2D eigenvalue weighted by Crippen LogP contribution is -2.31. The average molecular weight is 494 g/mol. The van der Waals surface area contributed by atoms with Crippen molar-refractivity contribution in [3.8, 4) is 11.1 Å². The van der Waals surface area contributed by atoms with E-state index in [4.69, 9.17) is 0 Å². The summed E-state index contributed by atoms with van der Waals surface area (Å²) in [5.41, 5.74) is 13.2. The lowest BCUT2D eigenvalue weighted by Gasteiger charge is -2.42. The van der Waals surface area contributed by atoms with Crippen molar-refractivity contribution in [1.29, 1.82) is 0 Å². The predicted octanol–water partition coefficient (Wildman–Crippen LogP) is 9.17. The fourth-order valence-electron chi connectivity index (χ4n) is 5.93. The van der Waals surface area contributed by atoms with Gasteiger partial charge >= 0.3 is 0 Å². The Balaban J connectivity index is 1.61. The zero-order valence-electron chi connectivity index (χ0n) is 19.8. The largest absolute Gasteiger partial charge is 0.310 e. The number of hydrogen-bond acceptors (Lipinski definition) is 1. The summed E-state index contributed by atoms with van der Waals surface area (Å²) in [5.74, 6) is 0. The van der Waals surface area contributed by atoms with Crippen LogP contribution in [-0.2, 0) is 10.8 Å². The van der Waals surface area contributed by atoms with Crippen LogP contribution in [0.25, 0.3) is 11.1 Å². The fourth-order valence-corrected chi connectivity index (χ4v) is 6.29. The molecular formula is C31H28BrN. The summed E-state index contributed by atoms with van der Waals surface area (Å²) in [6.07, 6.45) is 0. The van der Waals surface area contributed by atoms with Gasteiger partial charge < -0.3 is 4.90 Å². The minimum atomic E-state index is -0.0802. The molecule has 0 saturated heterocycles. The van der Waals surface area contributed by atoms with Gasteiger partial charge in [0.15, 0.2) is 0 Å². The number of nitrogens with zero attached hydrogens (tertiary/aromatic N) is 1. The molecule has 0 saturated carbocycles. The summed E-state index contributed by atoms with van der Waals surface area (Å²) in [4.78, 5) is 2.46. The Morgan fingerprint density at radius 3 is 2.03 bits per heavy atom. The fraction of sp³-hybridized carbons (Fsp3) is 0.226. The minimum absolute atomic E-state index is 0.0182. The van der Waals surface area contributed by atoms with E-state index in [0.717, 1.165) is 4.47 Å². The molecule has 33 heavy (non-hydrogen) atoms. The molecule has 0 bridgehead atoms. The highest BCUT2D eigenvalue weighted by Crippen LogP contribution is 2.55. The third-order valence-corrected chi connectivity index (χ3v) is 8.26. The number of rotatable bonds is 1. The molecule has 4 aromatic carbocycles. The van der Waals surface area contributed by atoms with Crippen LogP contribution in [0.1, 0.15) is 55.5 Å². The van der Waals surface area contributed by atoms with Gasteiger partial charge in [-0.3, -0.25) is 0 Å². The van der Waals surface area contributed by atoms with Crippen LogP contribution in [0.2, 0.25) is 0 Å². The highest BCUT2D eigenvalue weighted by atomic mass is 79.9. The lowest BCUT2D eigenvalue weighted by atomic mass is 9.73. The van der Waals surface area contributed by atoms with E-state index < -0.39 is 0 Å². The third-order valence-electron chi connectivity index (χ3n) is 7.76. The Bertz CT molecular complexity index is 1390. The van der Waals surface area contributed by atoms with Gasteiger partial charge in [-0.1, -0.05) is 91.7 Å². The van der Waals surface area contributed by atoms with Gasteiger partial charge in [-0.25, -0.2) is 0 Å². The third kappa shape index (κ3) is 2.83. The van der Waals surface area contributed by atoms with E-state index in [1.165, 1.54) is 56.0 Å². The Labute approximate surface area is 205 Å². The van der Waals surface area contributed by atoms with Crippen molar-refractivity contribution >= 4 is 33.0 Å². The van der Waals surface area contributed by atoms with Gasteiger partial charge in [0, 0.05) is 21.0 Å². The molecule has 0 N–H and O–H groups in total. The first-order valence-corrected chi connectivity index (χ1v) is 12.4. The van der Waals surface area contributed by atoms with Crippen molar-refractivity contribution in [2.24, 2.45) is 0 Å². The van der Waals surface area contributed by atoms with Gasteiger partial charge in [0.05, 0.1) is 11.4 Å². The highest BCUT2D eigenvalue weighted by molar-refractivity contribution is 9.10. The van der Waals surface area contributed by atoms with Crippen molar-refractivity contribution in [3.63, 3.8) is 0 Å². The van der Waals surface area contributed by atoms with Crippen molar-refractivity contribution in [3.05, 3.63) is 111 Å². The molecule has 0 unspecified atom stereocenters. The molecule has 0 amide bonds. The van der Waals surface area contributed by atoms with E-state index in [1.807, 2.05) is 0 Å². The Morgan fingerprint density at radius 2 is 1.24 bits per heavy atom. The van der Waals surface area contributed by atoms with Gasteiger partial charge in [-0.05, 0) is 76.7 Å². The average Bonchev–Trinajstić information content (AvgIpc) is 3.02. The standard InChI is InChI=1S/C31H28BrN/c1-19-10-14-28-26(16-19)31(4,5)27-17-20(32)11-15-29(27)33(28)21-12-13-23-22-8-6-7-9-24(22)30(2,3)25(23)18-21/h6-18H,1-5H3. The summed E-state index contributed by atoms with van der Waals surface area (Å²) in [7, 11) is 0. The van der Waals surface area contributed by atoms with Gasteiger partial charge in [0.2, 0.25) is 0 Å². The van der Waals surface area contributed by atoms with Crippen LogP contribution in [0.3, 0.4) is 0 Å². The monoisotopic (exact) mass is 493 g/mol. The number of anilines is 3. The number of aryl methyl sites for hydroxylation is 1. The van der Waals surface area contributed by atoms with Crippen LogP contribution in [0, 0.1) is 6.92 Å². The van der Waals surface area contributed by atoms with Crippen LogP contribution in [-0.4, -0.2) is 0 Å². The molecule has 6 rings (SSSR count). The first-order chi connectivity index (χ1) is 15.7. The Morgan fingerprint density at radius 1 is 0.606 bits per heavy atom. The van der Waals surface area contributed by atoms with Crippen molar-refractivity contribution < 1.29 is 0 Å². The molecule has 0 radical (unpaired) electrons. The van der Waals surface area contributed by atoms with E-state index >= 15 is 0 Å². The molecule has 0 atom stereocenters. The van der Waals surface area contributed by atoms with Gasteiger partial charge in [-0.15, -0.1) is 0 Å². The second kappa shape index (κ2) is 6.84. The first-order valence-electron chi connectivity index (χ1n) is 11.7. The van der Waals surface area contributed by atoms with Crippen LogP contribution >= 0.6 is 15.9 Å². The summed E-state index contributed by atoms with van der Waals surface area (Å²) in [6, 6.07) is 29.5. The number of fused-ring (bicyclic) bond motifs is 5. The molecule has 1 heterocycles. The molecular weight excluding hydrogens is 466 g/mol. The second-order valence-corrected chi connectivity index (χ2v) is 11.5. The Kier molecular flexibility index (Phi) is 4.30. The van der Waals surface area contributed by atoms with Crippen molar-refractivity contribution in [2.75, 3.05) is 4.90 Å². The summed E-state index contributed by atoms with van der Waals surface area (Å²) in [6.45, 7) is 11.6. The van der Waals surface area contributed by atoms with Crippen LogP contribution in [0.4, 0.5) is 17.1 Å². The summed E-state index contributed by atoms with van der Waals surface area (Å²) < 4.78 is 1.12. The highest BCUT2D eigenvalue weighted by Gasteiger charge is 2.39. The van der Waals surface area contributed by atoms with Gasteiger partial charge in [0.25, 0.3) is 0 Å². The predicted molar refractivity (Wildman–Crippen MR) is 143 cm³/mol. The molecule has 1 aliphatic heterocycles. The van der Waals surface area contributed by atoms with E-state index in [-0.39, 0.29) is 10.8 Å². The second-order valence-electron chi connectivity index (χ2n) is 10.5. The van der Waals surface area contributed by atoms with Crippen LogP contribution < -0.4 is 4.90 Å². The Hall–Kier alpha value is -2.84. The zero-order valence-corrected chi connectivity index (χ0v) is 21.4. The van der Waals surface area contributed by atoms with E-state index in [0.29, 0.717) is 0 Å². The number of hydrogen-bond donors (Lipinski definition) is 0. The molecule has 0 aromatic heterocycles. The molecule has 2 aliphatic rings. The van der Waals surface area contributed by atoms with Gasteiger partial charge in [-0.2, -0.15) is 0 Å². The van der Waals surface area contributed by atoms with E-state index in [1.54, 1.807) is 0 Å². The van der Waals surface area contributed by atoms with Crippen molar-refractivity contribution in [2.45, 2.75) is 45.4 Å². The van der Waals surface area contributed by atoms with Crippen LogP contribution in [0.15, 0.2) is 83.3 Å². The maximum absolute atomic E-state index is 3.73. The first kappa shape index (κ1) is 20.7. The molecule has 1 nitrogen and oxygen atoms in total. The maximum Gasteiger partial charge on any atom is 0.0503 e. The molecule has 0 fully saturated rings. The maximum atomic E-state index is 3.73. The molecule has 2 heteroatoms. The SMILES string of the molecule is Cc1ccc2c(c1)C(C)(C)c1cc(Br)ccc1N2c1ccc2c(c1)C(C)(C)c1ccccc1-2. The van der Waals surface area contributed by atoms with E-state index in [2.05, 4.69) is 134 Å². The minimum Gasteiger partial charge on any atom is -0.310 e. The quantitative estimate of drug-likeness (QED) is 0.255. The van der Waals surface area contributed by atoms with Crippen LogP contribution in [0.5, 0.6) is 0 Å². The lowest BCUT2D eigenvalue weighted by molar-refractivity contribution is 0.630. The topological polar surface area (TPSA) is 3.24 Å². The van der Waals surface area contributed by atoms with Crippen molar-refractivity contribution in [1.82, 2.24) is 0 Å². The summed E-state index contributed by atoms with van der Waals surface area (Å²) in [5, 5.41) is 0. The molecule has 0 spiro atoms. The molecule has 4 aromatic rings. The number of benzene rings is 4. The molecule has 1 aliphatic carbocycles. The zero-order chi connectivity index (χ0) is 23.1. The smallest absolute Gasteiger partial charge is 0.0503 e. The van der Waals surface area contributed by atoms with Gasteiger partial charge in [0.1, 0.15) is 0 Å². The number of halogens is 1. The van der Waals surface area contributed by atoms with E-state index in [9.17, 15) is 0 Å². The molecule has 164 valence electrons. The summed E-state index contributed by atoms with van der Waals surface area (Å²) >= 11 is 3.73.